The van der Waals surface area contributed by atoms with Gasteiger partial charge in [-0.3, -0.25) is 4.57 Å². The Labute approximate surface area is 88.6 Å². The molecule has 0 bridgehead atoms. The molecule has 6 heteroatoms. The maximum Gasteiger partial charge on any atom is 0.380 e. The topological polar surface area (TPSA) is 38.7 Å². The SMILES string of the molecule is CCOP(=O)(N=C=S)SC(C)CC. The number of hydrogen-bond acceptors (Lipinski definition) is 4. The second-order valence-electron chi connectivity index (χ2n) is 2.40. The summed E-state index contributed by atoms with van der Waals surface area (Å²) in [6.07, 6.45) is 0.925. The van der Waals surface area contributed by atoms with Crippen molar-refractivity contribution in [3.05, 3.63) is 0 Å². The minimum absolute atomic E-state index is 0.254. The van der Waals surface area contributed by atoms with Crippen LogP contribution in [0.2, 0.25) is 0 Å². The Kier molecular flexibility index (Phi) is 6.92. The van der Waals surface area contributed by atoms with Gasteiger partial charge in [0, 0.05) is 5.25 Å². The Bertz CT molecular complexity index is 241. The van der Waals surface area contributed by atoms with E-state index in [1.54, 1.807) is 6.92 Å². The maximum atomic E-state index is 11.8. The first-order valence-electron chi connectivity index (χ1n) is 4.10. The van der Waals surface area contributed by atoms with Crippen molar-refractivity contribution >= 4 is 35.5 Å². The zero-order chi connectivity index (χ0) is 10.3. The molecule has 0 aromatic rings. The summed E-state index contributed by atoms with van der Waals surface area (Å²) in [7, 11) is 0. The van der Waals surface area contributed by atoms with Crippen LogP contribution in [0, 0.1) is 0 Å². The van der Waals surface area contributed by atoms with Crippen molar-refractivity contribution in [2.45, 2.75) is 32.4 Å². The molecule has 0 spiro atoms. The lowest BCUT2D eigenvalue weighted by atomic mass is 10.4. The Balaban J connectivity index is 4.41. The fraction of sp³-hybridized carbons (Fsp3) is 0.857. The minimum Gasteiger partial charge on any atom is -0.304 e. The van der Waals surface area contributed by atoms with Gasteiger partial charge < -0.3 is 4.52 Å². The molecule has 0 aliphatic rings. The van der Waals surface area contributed by atoms with Crippen LogP contribution in [0.3, 0.4) is 0 Å². The van der Waals surface area contributed by atoms with E-state index in [2.05, 4.69) is 22.1 Å². The summed E-state index contributed by atoms with van der Waals surface area (Å²) in [5, 5.41) is 2.38. The van der Waals surface area contributed by atoms with Crippen LogP contribution >= 0.6 is 30.3 Å². The third-order valence-electron chi connectivity index (χ3n) is 1.34. The van der Waals surface area contributed by atoms with Gasteiger partial charge in [-0.05, 0) is 36.9 Å². The van der Waals surface area contributed by atoms with Crippen LogP contribution in [0.1, 0.15) is 27.2 Å². The Morgan fingerprint density at radius 3 is 2.69 bits per heavy atom. The predicted octanol–water partition coefficient (Wildman–Crippen LogP) is 3.77. The van der Waals surface area contributed by atoms with E-state index in [0.717, 1.165) is 6.42 Å². The molecular formula is C7H14NO2PS2. The third-order valence-corrected chi connectivity index (χ3v) is 5.90. The molecule has 0 aromatic carbocycles. The number of isothiocyanates is 1. The molecule has 0 saturated heterocycles. The summed E-state index contributed by atoms with van der Waals surface area (Å²) < 4.78 is 20.5. The van der Waals surface area contributed by atoms with E-state index in [4.69, 9.17) is 4.52 Å². The van der Waals surface area contributed by atoms with Crippen molar-refractivity contribution in [2.75, 3.05) is 6.61 Å². The molecule has 0 saturated carbocycles. The van der Waals surface area contributed by atoms with Crippen LogP contribution in [0.15, 0.2) is 4.76 Å². The summed E-state index contributed by atoms with van der Waals surface area (Å²) in [4.78, 5) is 0. The van der Waals surface area contributed by atoms with Crippen molar-refractivity contribution in [3.8, 4) is 0 Å². The van der Waals surface area contributed by atoms with E-state index in [-0.39, 0.29) is 5.25 Å². The average molecular weight is 239 g/mol. The zero-order valence-corrected chi connectivity index (χ0v) is 10.5. The number of nitrogens with zero attached hydrogens (tertiary/aromatic N) is 1. The molecule has 2 atom stereocenters. The van der Waals surface area contributed by atoms with Gasteiger partial charge in [0.15, 0.2) is 0 Å². The van der Waals surface area contributed by atoms with Gasteiger partial charge in [-0.1, -0.05) is 13.8 Å². The molecule has 0 aliphatic carbocycles. The van der Waals surface area contributed by atoms with Gasteiger partial charge in [-0.15, -0.1) is 4.76 Å². The molecule has 13 heavy (non-hydrogen) atoms. The number of thiocarbonyl (C=S) groups is 1. The second kappa shape index (κ2) is 6.74. The molecule has 3 nitrogen and oxygen atoms in total. The molecule has 0 aromatic heterocycles. The maximum absolute atomic E-state index is 11.8. The minimum atomic E-state index is -2.97. The van der Waals surface area contributed by atoms with E-state index in [1.165, 1.54) is 11.4 Å². The fourth-order valence-electron chi connectivity index (χ4n) is 0.598. The standard InChI is InChI=1S/C7H14NO2PS2/c1-4-7(3)13-11(9,8-6-12)10-5-2/h7H,4-5H2,1-3H3. The largest absolute Gasteiger partial charge is 0.380 e. The highest BCUT2D eigenvalue weighted by molar-refractivity contribution is 8.56. The summed E-state index contributed by atoms with van der Waals surface area (Å²) in [5.41, 5.74) is 0. The van der Waals surface area contributed by atoms with Crippen molar-refractivity contribution in [1.82, 2.24) is 0 Å². The normalized spacial score (nSPS) is 17.2. The van der Waals surface area contributed by atoms with Gasteiger partial charge in [-0.2, -0.15) is 0 Å². The molecule has 0 N–H and O–H groups in total. The van der Waals surface area contributed by atoms with Gasteiger partial charge in [0.1, 0.15) is 0 Å². The molecule has 0 rings (SSSR count). The lowest BCUT2D eigenvalue weighted by Crippen LogP contribution is -1.93. The second-order valence-corrected chi connectivity index (χ2v) is 7.01. The molecule has 0 amide bonds. The Morgan fingerprint density at radius 1 is 1.69 bits per heavy atom. The molecule has 0 radical (unpaired) electrons. The van der Waals surface area contributed by atoms with E-state index >= 15 is 0 Å². The highest BCUT2D eigenvalue weighted by Crippen LogP contribution is 2.62. The quantitative estimate of drug-likeness (QED) is 0.402. The summed E-state index contributed by atoms with van der Waals surface area (Å²) in [6.45, 7) is 3.20. The molecule has 0 fully saturated rings. The van der Waals surface area contributed by atoms with E-state index in [9.17, 15) is 4.57 Å². The van der Waals surface area contributed by atoms with Gasteiger partial charge in [0.25, 0.3) is 0 Å². The first kappa shape index (κ1) is 13.3. The van der Waals surface area contributed by atoms with Crippen LogP contribution in [0.4, 0.5) is 0 Å². The van der Waals surface area contributed by atoms with Crippen molar-refractivity contribution in [3.63, 3.8) is 0 Å². The van der Waals surface area contributed by atoms with Crippen LogP contribution in [-0.4, -0.2) is 17.0 Å². The third kappa shape index (κ3) is 5.61. The molecule has 0 aliphatic heterocycles. The van der Waals surface area contributed by atoms with Gasteiger partial charge in [0.2, 0.25) is 0 Å². The molecule has 2 unspecified atom stereocenters. The van der Waals surface area contributed by atoms with Crippen LogP contribution in [0.5, 0.6) is 0 Å². The highest BCUT2D eigenvalue weighted by atomic mass is 32.7. The van der Waals surface area contributed by atoms with Crippen molar-refractivity contribution in [1.29, 1.82) is 0 Å². The summed E-state index contributed by atoms with van der Waals surface area (Å²) in [6, 6.07) is 0. The first-order valence-corrected chi connectivity index (χ1v) is 7.57. The monoisotopic (exact) mass is 239 g/mol. The zero-order valence-electron chi connectivity index (χ0n) is 8.02. The van der Waals surface area contributed by atoms with E-state index in [0.29, 0.717) is 6.61 Å². The number of rotatable bonds is 6. The van der Waals surface area contributed by atoms with E-state index < -0.39 is 6.72 Å². The van der Waals surface area contributed by atoms with Crippen LogP contribution in [0.25, 0.3) is 0 Å². The average Bonchev–Trinajstić information content (AvgIpc) is 2.04. The lowest BCUT2D eigenvalue weighted by molar-refractivity contribution is 0.347. The van der Waals surface area contributed by atoms with Gasteiger partial charge in [-0.25, -0.2) is 0 Å². The molecular weight excluding hydrogens is 225 g/mol. The van der Waals surface area contributed by atoms with Gasteiger partial charge >= 0.3 is 6.72 Å². The van der Waals surface area contributed by atoms with E-state index in [1.807, 2.05) is 13.8 Å². The highest BCUT2D eigenvalue weighted by Gasteiger charge is 2.24. The molecule has 0 heterocycles. The van der Waals surface area contributed by atoms with Crippen molar-refractivity contribution in [2.24, 2.45) is 4.76 Å². The smallest absolute Gasteiger partial charge is 0.304 e. The fourth-order valence-corrected chi connectivity index (χ4v) is 4.85. The van der Waals surface area contributed by atoms with Crippen LogP contribution in [-0.2, 0) is 9.09 Å². The van der Waals surface area contributed by atoms with Gasteiger partial charge in [0.05, 0.1) is 11.8 Å². The predicted molar refractivity (Wildman–Crippen MR) is 61.6 cm³/mol. The first-order chi connectivity index (χ1) is 6.08. The lowest BCUT2D eigenvalue weighted by Gasteiger charge is -2.13. The Morgan fingerprint density at radius 2 is 2.31 bits per heavy atom. The molecule has 76 valence electrons. The number of hydrogen-bond donors (Lipinski definition) is 0. The van der Waals surface area contributed by atoms with Crippen LogP contribution < -0.4 is 0 Å². The summed E-state index contributed by atoms with van der Waals surface area (Å²) >= 11 is 5.65. The Hall–Kier alpha value is 0.340. The summed E-state index contributed by atoms with van der Waals surface area (Å²) in [5.74, 6) is 0. The van der Waals surface area contributed by atoms with Crippen molar-refractivity contribution < 1.29 is 9.09 Å².